The number of hydrogen-bond donors (Lipinski definition) is 2. The summed E-state index contributed by atoms with van der Waals surface area (Å²) in [6.45, 7) is 0. The first-order valence-corrected chi connectivity index (χ1v) is 7.67. The van der Waals surface area contributed by atoms with Crippen LogP contribution >= 0.6 is 0 Å². The number of carbonyl (C=O) groups excluding carboxylic acids is 1. The molecule has 0 saturated heterocycles. The van der Waals surface area contributed by atoms with Gasteiger partial charge in [-0.15, -0.1) is 0 Å². The van der Waals surface area contributed by atoms with E-state index >= 15 is 0 Å². The Morgan fingerprint density at radius 3 is 2.24 bits per heavy atom. The van der Waals surface area contributed by atoms with Crippen molar-refractivity contribution in [1.29, 1.82) is 0 Å². The van der Waals surface area contributed by atoms with Gasteiger partial charge < -0.3 is 11.5 Å². The van der Waals surface area contributed by atoms with E-state index in [-0.39, 0.29) is 5.56 Å². The second-order valence-corrected chi connectivity index (χ2v) is 5.68. The predicted molar refractivity (Wildman–Crippen MR) is 98.9 cm³/mol. The van der Waals surface area contributed by atoms with Crippen LogP contribution in [0.5, 0.6) is 0 Å². The second kappa shape index (κ2) is 5.45. The molecule has 0 aliphatic heterocycles. The fourth-order valence-corrected chi connectivity index (χ4v) is 3.24. The lowest BCUT2D eigenvalue weighted by molar-refractivity contribution is 0.256. The number of fused-ring (bicyclic) bond motifs is 4. The van der Waals surface area contributed by atoms with Gasteiger partial charge in [-0.05, 0) is 23.6 Å². The SMILES string of the molecule is NC(N)=O.O=c1c2cccc3cccc(c32)c2nc3ccccc3n12. The largest absolute Gasteiger partial charge is 0.352 e. The van der Waals surface area contributed by atoms with Crippen LogP contribution in [0.15, 0.2) is 65.5 Å². The van der Waals surface area contributed by atoms with Gasteiger partial charge in [0.2, 0.25) is 0 Å². The number of primary amides is 2. The molecule has 5 aromatic rings. The number of aromatic nitrogens is 2. The predicted octanol–water partition coefficient (Wildman–Crippen LogP) is 2.62. The highest BCUT2D eigenvalue weighted by molar-refractivity contribution is 6.15. The van der Waals surface area contributed by atoms with E-state index in [1.54, 1.807) is 4.40 Å². The Morgan fingerprint density at radius 1 is 0.880 bits per heavy atom. The Morgan fingerprint density at radius 2 is 1.52 bits per heavy atom. The number of amides is 2. The van der Waals surface area contributed by atoms with Gasteiger partial charge in [0, 0.05) is 16.2 Å². The van der Waals surface area contributed by atoms with E-state index in [0.717, 1.165) is 38.2 Å². The van der Waals surface area contributed by atoms with Crippen molar-refractivity contribution < 1.29 is 4.79 Å². The minimum absolute atomic E-state index is 0.00278. The number of benzene rings is 3. The number of para-hydroxylation sites is 2. The van der Waals surface area contributed by atoms with E-state index in [9.17, 15) is 4.79 Å². The molecule has 0 aliphatic rings. The number of nitrogens with two attached hydrogens (primary N) is 2. The van der Waals surface area contributed by atoms with E-state index in [4.69, 9.17) is 4.79 Å². The molecule has 4 N–H and O–H groups in total. The summed E-state index contributed by atoms with van der Waals surface area (Å²) in [6.07, 6.45) is 0. The van der Waals surface area contributed by atoms with Crippen molar-refractivity contribution in [1.82, 2.24) is 9.38 Å². The van der Waals surface area contributed by atoms with Crippen molar-refractivity contribution in [3.8, 4) is 0 Å². The molecule has 0 unspecified atom stereocenters. The average molecular weight is 330 g/mol. The van der Waals surface area contributed by atoms with E-state index < -0.39 is 6.03 Å². The molecule has 2 aromatic heterocycles. The lowest BCUT2D eigenvalue weighted by atomic mass is 10.0. The van der Waals surface area contributed by atoms with Crippen molar-refractivity contribution in [3.63, 3.8) is 0 Å². The van der Waals surface area contributed by atoms with Crippen molar-refractivity contribution in [2.45, 2.75) is 0 Å². The van der Waals surface area contributed by atoms with E-state index in [2.05, 4.69) is 16.5 Å². The number of carbonyl (C=O) groups is 1. The molecule has 122 valence electrons. The van der Waals surface area contributed by atoms with Gasteiger partial charge in [0.1, 0.15) is 5.65 Å². The molecule has 0 saturated carbocycles. The molecule has 2 amide bonds. The monoisotopic (exact) mass is 330 g/mol. The molecule has 25 heavy (non-hydrogen) atoms. The highest BCUT2D eigenvalue weighted by Crippen LogP contribution is 2.29. The third-order valence-corrected chi connectivity index (χ3v) is 4.14. The van der Waals surface area contributed by atoms with Gasteiger partial charge >= 0.3 is 6.03 Å². The van der Waals surface area contributed by atoms with Crippen LogP contribution in [0, 0.1) is 0 Å². The van der Waals surface area contributed by atoms with Crippen LogP contribution in [-0.2, 0) is 0 Å². The summed E-state index contributed by atoms with van der Waals surface area (Å²) < 4.78 is 1.73. The molecule has 0 radical (unpaired) electrons. The third-order valence-electron chi connectivity index (χ3n) is 4.14. The highest BCUT2D eigenvalue weighted by Gasteiger charge is 2.14. The molecule has 5 rings (SSSR count). The summed E-state index contributed by atoms with van der Waals surface area (Å²) in [4.78, 5) is 26.6. The molecule has 6 nitrogen and oxygen atoms in total. The zero-order chi connectivity index (χ0) is 17.6. The summed E-state index contributed by atoms with van der Waals surface area (Å²) in [5, 5.41) is 3.86. The molecular formula is C19H14N4O2. The fraction of sp³-hybridized carbons (Fsp3) is 0. The molecule has 2 heterocycles. The summed E-state index contributed by atoms with van der Waals surface area (Å²) in [7, 11) is 0. The molecule has 3 aromatic carbocycles. The van der Waals surface area contributed by atoms with Gasteiger partial charge in [0.05, 0.1) is 11.0 Å². The Balaban J connectivity index is 0.000000358. The third kappa shape index (κ3) is 2.23. The van der Waals surface area contributed by atoms with Crippen LogP contribution in [0.4, 0.5) is 4.79 Å². The van der Waals surface area contributed by atoms with Crippen LogP contribution in [0.25, 0.3) is 38.2 Å². The Hall–Kier alpha value is -3.67. The summed E-state index contributed by atoms with van der Waals surface area (Å²) in [5.74, 6) is 0. The van der Waals surface area contributed by atoms with Gasteiger partial charge in [0.25, 0.3) is 5.56 Å². The molecule has 0 aliphatic carbocycles. The average Bonchev–Trinajstić information content (AvgIpc) is 2.99. The van der Waals surface area contributed by atoms with Crippen molar-refractivity contribution >= 4 is 44.3 Å². The number of nitrogens with zero attached hydrogens (tertiary/aromatic N) is 2. The summed E-state index contributed by atoms with van der Waals surface area (Å²) in [6, 6.07) is 18.9. The van der Waals surface area contributed by atoms with Gasteiger partial charge in [-0.3, -0.25) is 9.20 Å². The number of rotatable bonds is 0. The van der Waals surface area contributed by atoms with Gasteiger partial charge in [-0.25, -0.2) is 9.78 Å². The first kappa shape index (κ1) is 14.9. The highest BCUT2D eigenvalue weighted by atomic mass is 16.2. The Labute approximate surface area is 141 Å². The second-order valence-electron chi connectivity index (χ2n) is 5.68. The molecule has 0 spiro atoms. The van der Waals surface area contributed by atoms with E-state index in [0.29, 0.717) is 0 Å². The number of urea groups is 1. The zero-order valence-electron chi connectivity index (χ0n) is 13.1. The van der Waals surface area contributed by atoms with Crippen LogP contribution in [0.3, 0.4) is 0 Å². The maximum atomic E-state index is 12.9. The standard InChI is InChI=1S/C18H10N2O.CH4N2O/c21-18-13-8-4-6-11-5-3-7-12(16(11)13)17-19-14-9-1-2-10-15(14)20(17)18;2-1(3)4/h1-10H;(H4,2,3,4). The summed E-state index contributed by atoms with van der Waals surface area (Å²) in [5.41, 5.74) is 11.0. The maximum absolute atomic E-state index is 12.9. The van der Waals surface area contributed by atoms with Crippen molar-refractivity contribution in [2.75, 3.05) is 0 Å². The first-order valence-electron chi connectivity index (χ1n) is 7.67. The van der Waals surface area contributed by atoms with Crippen LogP contribution in [-0.4, -0.2) is 15.4 Å². The molecule has 6 heteroatoms. The molecule has 0 fully saturated rings. The number of imidazole rings is 1. The quantitative estimate of drug-likeness (QED) is 0.456. The smallest absolute Gasteiger partial charge is 0.309 e. The topological polar surface area (TPSA) is 103 Å². The zero-order valence-corrected chi connectivity index (χ0v) is 13.1. The summed E-state index contributed by atoms with van der Waals surface area (Å²) >= 11 is 0. The van der Waals surface area contributed by atoms with Crippen LogP contribution in [0.1, 0.15) is 0 Å². The lowest BCUT2D eigenvalue weighted by Crippen LogP contribution is -2.18. The maximum Gasteiger partial charge on any atom is 0.309 e. The van der Waals surface area contributed by atoms with Crippen molar-refractivity contribution in [3.05, 3.63) is 71.0 Å². The molecular weight excluding hydrogens is 316 g/mol. The Bertz CT molecular complexity index is 1300. The van der Waals surface area contributed by atoms with Gasteiger partial charge in [0.15, 0.2) is 0 Å². The first-order chi connectivity index (χ1) is 12.1. The lowest BCUT2D eigenvalue weighted by Gasteiger charge is -2.06. The fourth-order valence-electron chi connectivity index (χ4n) is 3.24. The minimum Gasteiger partial charge on any atom is -0.352 e. The van der Waals surface area contributed by atoms with Crippen LogP contribution in [0.2, 0.25) is 0 Å². The minimum atomic E-state index is -0.833. The normalized spacial score (nSPS) is 11.0. The number of pyridine rings is 1. The molecule has 0 bridgehead atoms. The van der Waals surface area contributed by atoms with E-state index in [1.165, 1.54) is 0 Å². The number of hydrogen-bond acceptors (Lipinski definition) is 3. The van der Waals surface area contributed by atoms with Gasteiger partial charge in [-0.2, -0.15) is 0 Å². The Kier molecular flexibility index (Phi) is 3.25. The van der Waals surface area contributed by atoms with Gasteiger partial charge in [-0.1, -0.05) is 42.5 Å². The molecule has 0 atom stereocenters. The van der Waals surface area contributed by atoms with Crippen LogP contribution < -0.4 is 17.0 Å². The van der Waals surface area contributed by atoms with Crippen molar-refractivity contribution in [2.24, 2.45) is 11.5 Å². The van der Waals surface area contributed by atoms with E-state index in [1.807, 2.05) is 60.7 Å².